The molecule has 27 heavy (non-hydrogen) atoms. The van der Waals surface area contributed by atoms with Crippen molar-refractivity contribution in [1.82, 2.24) is 4.31 Å². The van der Waals surface area contributed by atoms with Crippen molar-refractivity contribution in [2.24, 2.45) is 0 Å². The van der Waals surface area contributed by atoms with Crippen LogP contribution in [0.2, 0.25) is 0 Å². The van der Waals surface area contributed by atoms with Crippen LogP contribution in [0.15, 0.2) is 51.8 Å². The number of carbonyl (C=O) groups is 1. The van der Waals surface area contributed by atoms with Gasteiger partial charge in [-0.3, -0.25) is 0 Å². The summed E-state index contributed by atoms with van der Waals surface area (Å²) in [6.45, 7) is 1.35. The highest BCUT2D eigenvalue weighted by Crippen LogP contribution is 2.21. The van der Waals surface area contributed by atoms with E-state index in [1.165, 1.54) is 16.4 Å². The molecule has 0 saturated carbocycles. The number of hydrogen-bond donors (Lipinski definition) is 1. The maximum atomic E-state index is 12.7. The summed E-state index contributed by atoms with van der Waals surface area (Å²) in [7, 11) is -3.60. The molecule has 2 aromatic rings. The van der Waals surface area contributed by atoms with E-state index in [4.69, 9.17) is 15.2 Å². The highest BCUT2D eigenvalue weighted by molar-refractivity contribution is 9.10. The van der Waals surface area contributed by atoms with E-state index in [1.807, 2.05) is 0 Å². The van der Waals surface area contributed by atoms with E-state index in [0.29, 0.717) is 42.0 Å². The predicted molar refractivity (Wildman–Crippen MR) is 104 cm³/mol. The summed E-state index contributed by atoms with van der Waals surface area (Å²) in [4.78, 5) is 12.4. The molecular weight excluding hydrogens is 436 g/mol. The fourth-order valence-electron chi connectivity index (χ4n) is 2.66. The number of morpholine rings is 1. The zero-order valence-corrected chi connectivity index (χ0v) is 16.8. The molecule has 9 heteroatoms. The van der Waals surface area contributed by atoms with Gasteiger partial charge < -0.3 is 15.2 Å². The molecule has 7 nitrogen and oxygen atoms in total. The Balaban J connectivity index is 1.72. The predicted octanol–water partition coefficient (Wildman–Crippen LogP) is 2.41. The van der Waals surface area contributed by atoms with Gasteiger partial charge in [-0.2, -0.15) is 4.31 Å². The molecule has 1 heterocycles. The molecule has 0 radical (unpaired) electrons. The monoisotopic (exact) mass is 454 g/mol. The number of ether oxygens (including phenoxy) is 2. The van der Waals surface area contributed by atoms with Crippen LogP contribution in [-0.2, 0) is 26.1 Å². The summed E-state index contributed by atoms with van der Waals surface area (Å²) in [5.41, 5.74) is 6.94. The smallest absolute Gasteiger partial charge is 0.340 e. The van der Waals surface area contributed by atoms with Crippen LogP contribution in [0.25, 0.3) is 0 Å². The van der Waals surface area contributed by atoms with Gasteiger partial charge in [-0.15, -0.1) is 0 Å². The lowest BCUT2D eigenvalue weighted by Gasteiger charge is -2.26. The van der Waals surface area contributed by atoms with Crippen molar-refractivity contribution >= 4 is 37.6 Å². The first-order chi connectivity index (χ1) is 12.9. The number of hydrogen-bond acceptors (Lipinski definition) is 6. The summed E-state index contributed by atoms with van der Waals surface area (Å²) in [6.07, 6.45) is 0. The minimum atomic E-state index is -3.60. The van der Waals surface area contributed by atoms with Gasteiger partial charge in [-0.1, -0.05) is 28.1 Å². The Labute approximate surface area is 166 Å². The van der Waals surface area contributed by atoms with Crippen LogP contribution in [0.1, 0.15) is 15.9 Å². The summed E-state index contributed by atoms with van der Waals surface area (Å²) >= 11 is 3.29. The van der Waals surface area contributed by atoms with Gasteiger partial charge in [0.25, 0.3) is 0 Å². The quantitative estimate of drug-likeness (QED) is 0.549. The van der Waals surface area contributed by atoms with Gasteiger partial charge in [0.1, 0.15) is 6.61 Å². The topological polar surface area (TPSA) is 98.9 Å². The molecule has 3 rings (SSSR count). The molecule has 0 unspecified atom stereocenters. The zero-order chi connectivity index (χ0) is 19.4. The second-order valence-corrected chi connectivity index (χ2v) is 8.83. The molecule has 144 valence electrons. The Morgan fingerprint density at radius 1 is 1.19 bits per heavy atom. The maximum absolute atomic E-state index is 12.7. The summed E-state index contributed by atoms with van der Waals surface area (Å²) in [5, 5.41) is 0. The fourth-order valence-corrected chi connectivity index (χ4v) is 4.50. The summed E-state index contributed by atoms with van der Waals surface area (Å²) in [5.74, 6) is -0.574. The first-order valence-corrected chi connectivity index (χ1v) is 10.5. The first-order valence-electron chi connectivity index (χ1n) is 8.27. The standard InChI is InChI=1S/C18H19BrN2O5S/c19-14-4-5-17(20)16(11-14)18(22)26-12-13-2-1-3-15(10-13)27(23,24)21-6-8-25-9-7-21/h1-5,10-11H,6-9,12,20H2. The molecule has 1 aliphatic heterocycles. The number of esters is 1. The van der Waals surface area contributed by atoms with Gasteiger partial charge in [-0.05, 0) is 35.9 Å². The molecule has 0 amide bonds. The number of sulfonamides is 1. The molecular formula is C18H19BrN2O5S. The van der Waals surface area contributed by atoms with E-state index in [-0.39, 0.29) is 17.1 Å². The van der Waals surface area contributed by atoms with Crippen LogP contribution in [-0.4, -0.2) is 45.0 Å². The Kier molecular flexibility index (Phi) is 6.15. The van der Waals surface area contributed by atoms with Gasteiger partial charge in [0, 0.05) is 23.2 Å². The van der Waals surface area contributed by atoms with Gasteiger partial charge >= 0.3 is 5.97 Å². The molecule has 0 atom stereocenters. The molecule has 0 aliphatic carbocycles. The molecule has 1 aliphatic rings. The Morgan fingerprint density at radius 3 is 2.67 bits per heavy atom. The molecule has 0 bridgehead atoms. The second-order valence-electron chi connectivity index (χ2n) is 5.97. The van der Waals surface area contributed by atoms with E-state index >= 15 is 0 Å². The lowest BCUT2D eigenvalue weighted by Crippen LogP contribution is -2.40. The minimum absolute atomic E-state index is 0.0583. The van der Waals surface area contributed by atoms with Crippen molar-refractivity contribution in [1.29, 1.82) is 0 Å². The van der Waals surface area contributed by atoms with Crippen LogP contribution in [0.3, 0.4) is 0 Å². The van der Waals surface area contributed by atoms with Crippen molar-refractivity contribution in [3.05, 3.63) is 58.1 Å². The third kappa shape index (κ3) is 4.67. The van der Waals surface area contributed by atoms with Crippen LogP contribution >= 0.6 is 15.9 Å². The van der Waals surface area contributed by atoms with Crippen molar-refractivity contribution in [3.8, 4) is 0 Å². The van der Waals surface area contributed by atoms with Crippen molar-refractivity contribution < 1.29 is 22.7 Å². The van der Waals surface area contributed by atoms with E-state index < -0.39 is 16.0 Å². The zero-order valence-electron chi connectivity index (χ0n) is 14.4. The van der Waals surface area contributed by atoms with Crippen molar-refractivity contribution in [2.45, 2.75) is 11.5 Å². The molecule has 2 N–H and O–H groups in total. The Morgan fingerprint density at radius 2 is 1.93 bits per heavy atom. The number of nitrogen functional groups attached to an aromatic ring is 1. The maximum Gasteiger partial charge on any atom is 0.340 e. The SMILES string of the molecule is Nc1ccc(Br)cc1C(=O)OCc1cccc(S(=O)(=O)N2CCOCC2)c1. The summed E-state index contributed by atoms with van der Waals surface area (Å²) in [6, 6.07) is 11.3. The average Bonchev–Trinajstić information content (AvgIpc) is 2.69. The first kappa shape index (κ1) is 19.8. The van der Waals surface area contributed by atoms with E-state index in [2.05, 4.69) is 15.9 Å². The second kappa shape index (κ2) is 8.39. The number of benzene rings is 2. The fraction of sp³-hybridized carbons (Fsp3) is 0.278. The highest BCUT2D eigenvalue weighted by Gasteiger charge is 2.26. The lowest BCUT2D eigenvalue weighted by molar-refractivity contribution is 0.0473. The number of anilines is 1. The molecule has 2 aromatic carbocycles. The van der Waals surface area contributed by atoms with Gasteiger partial charge in [0.2, 0.25) is 10.0 Å². The average molecular weight is 455 g/mol. The van der Waals surface area contributed by atoms with E-state index in [0.717, 1.165) is 0 Å². The van der Waals surface area contributed by atoms with Crippen LogP contribution in [0, 0.1) is 0 Å². The van der Waals surface area contributed by atoms with Crippen LogP contribution in [0.5, 0.6) is 0 Å². The van der Waals surface area contributed by atoms with Crippen LogP contribution < -0.4 is 5.73 Å². The van der Waals surface area contributed by atoms with Crippen LogP contribution in [0.4, 0.5) is 5.69 Å². The third-order valence-corrected chi connectivity index (χ3v) is 6.50. The van der Waals surface area contributed by atoms with Crippen molar-refractivity contribution in [3.63, 3.8) is 0 Å². The molecule has 0 spiro atoms. The third-order valence-electron chi connectivity index (χ3n) is 4.11. The molecule has 1 saturated heterocycles. The molecule has 1 fully saturated rings. The van der Waals surface area contributed by atoms with Crippen molar-refractivity contribution in [2.75, 3.05) is 32.0 Å². The van der Waals surface area contributed by atoms with Gasteiger partial charge in [0.15, 0.2) is 0 Å². The summed E-state index contributed by atoms with van der Waals surface area (Å²) < 4.78 is 38.0. The van der Waals surface area contributed by atoms with Gasteiger partial charge in [0.05, 0.1) is 23.7 Å². The normalized spacial score (nSPS) is 15.4. The number of nitrogens with zero attached hydrogens (tertiary/aromatic N) is 1. The minimum Gasteiger partial charge on any atom is -0.457 e. The number of nitrogens with two attached hydrogens (primary N) is 1. The lowest BCUT2D eigenvalue weighted by atomic mass is 10.2. The number of halogens is 1. The van der Waals surface area contributed by atoms with E-state index in [1.54, 1.807) is 30.3 Å². The van der Waals surface area contributed by atoms with E-state index in [9.17, 15) is 13.2 Å². The largest absolute Gasteiger partial charge is 0.457 e. The number of rotatable bonds is 5. The Bertz CT molecular complexity index is 943. The highest BCUT2D eigenvalue weighted by atomic mass is 79.9. The number of carbonyl (C=O) groups excluding carboxylic acids is 1. The molecule has 0 aromatic heterocycles. The Hall–Kier alpha value is -1.94. The van der Waals surface area contributed by atoms with Gasteiger partial charge in [-0.25, -0.2) is 13.2 Å².